The molecule has 0 bridgehead atoms. The van der Waals surface area contributed by atoms with Gasteiger partial charge in [-0.3, -0.25) is 0 Å². The minimum atomic E-state index is 1.05. The molecule has 0 aliphatic rings. The Bertz CT molecular complexity index is 143. The lowest BCUT2D eigenvalue weighted by Gasteiger charge is -2.02. The smallest absolute Gasteiger partial charge is 0.0475 e. The first-order chi connectivity index (χ1) is 7.31. The van der Waals surface area contributed by atoms with Crippen LogP contribution >= 0.6 is 24.0 Å². The number of thioether (sulfide) groups is 1. The molecule has 0 N–H and O–H groups in total. The van der Waals surface area contributed by atoms with Crippen LogP contribution in [0.3, 0.4) is 0 Å². The highest BCUT2D eigenvalue weighted by Crippen LogP contribution is 2.13. The molecule has 0 nitrogen and oxygen atoms in total. The Morgan fingerprint density at radius 2 is 1.40 bits per heavy atom. The second kappa shape index (κ2) is 12.5. The van der Waals surface area contributed by atoms with E-state index in [1.165, 1.54) is 61.3 Å². The maximum atomic E-state index is 5.17. The van der Waals surface area contributed by atoms with Crippen molar-refractivity contribution in [3.05, 3.63) is 0 Å². The van der Waals surface area contributed by atoms with E-state index in [0.29, 0.717) is 0 Å². The molecule has 0 radical (unpaired) electrons. The molecule has 0 aromatic heterocycles. The molecule has 0 amide bonds. The van der Waals surface area contributed by atoms with Crippen molar-refractivity contribution in [2.75, 3.05) is 5.75 Å². The van der Waals surface area contributed by atoms with E-state index in [4.69, 9.17) is 12.2 Å². The molecule has 0 rings (SSSR count). The molecule has 2 heteroatoms. The minimum Gasteiger partial charge on any atom is -0.119 e. The maximum Gasteiger partial charge on any atom is 0.0475 e. The summed E-state index contributed by atoms with van der Waals surface area (Å²) in [5, 5.41) is 0. The summed E-state index contributed by atoms with van der Waals surface area (Å²) in [5.41, 5.74) is 0. The van der Waals surface area contributed by atoms with Crippen molar-refractivity contribution in [2.45, 2.75) is 71.6 Å². The Balaban J connectivity index is 2.95. The highest BCUT2D eigenvalue weighted by Gasteiger charge is 1.95. The summed E-state index contributed by atoms with van der Waals surface area (Å²) < 4.78 is 1.18. The first-order valence-electron chi connectivity index (χ1n) is 6.46. The Morgan fingerprint density at radius 3 is 1.93 bits per heavy atom. The van der Waals surface area contributed by atoms with Crippen molar-refractivity contribution >= 4 is 28.2 Å². The molecule has 0 aromatic carbocycles. The van der Waals surface area contributed by atoms with E-state index in [1.54, 1.807) is 0 Å². The molecule has 0 saturated carbocycles. The first-order valence-corrected chi connectivity index (χ1v) is 7.86. The fraction of sp³-hybridized carbons (Fsp3) is 0.923. The molecule has 0 unspecified atom stereocenters. The fourth-order valence-corrected chi connectivity index (χ4v) is 2.55. The second-order valence-corrected chi connectivity index (χ2v) is 5.99. The van der Waals surface area contributed by atoms with Gasteiger partial charge in [-0.25, -0.2) is 0 Å². The van der Waals surface area contributed by atoms with Crippen molar-refractivity contribution in [2.24, 2.45) is 0 Å². The number of rotatable bonds is 10. The molecule has 0 saturated heterocycles. The monoisotopic (exact) mass is 246 g/mol. The van der Waals surface area contributed by atoms with E-state index in [-0.39, 0.29) is 0 Å². The number of hydrogen-bond donors (Lipinski definition) is 0. The molecule has 0 fully saturated rings. The van der Waals surface area contributed by atoms with E-state index in [0.717, 1.165) is 6.42 Å². The maximum absolute atomic E-state index is 5.17. The van der Waals surface area contributed by atoms with Crippen LogP contribution in [0, 0.1) is 0 Å². The number of thiocarbonyl (C=S) groups is 1. The molecule has 0 spiro atoms. The number of hydrogen-bond acceptors (Lipinski definition) is 2. The van der Waals surface area contributed by atoms with Gasteiger partial charge in [0.2, 0.25) is 0 Å². The topological polar surface area (TPSA) is 0 Å². The summed E-state index contributed by atoms with van der Waals surface area (Å²) in [7, 11) is 0. The van der Waals surface area contributed by atoms with Crippen LogP contribution in [0.25, 0.3) is 0 Å². The lowest BCUT2D eigenvalue weighted by molar-refractivity contribution is 0.586. The van der Waals surface area contributed by atoms with Crippen LogP contribution < -0.4 is 0 Å². The Morgan fingerprint density at radius 1 is 0.867 bits per heavy atom. The Kier molecular flexibility index (Phi) is 12.9. The fourth-order valence-electron chi connectivity index (χ4n) is 1.52. The van der Waals surface area contributed by atoms with Crippen LogP contribution in [0.15, 0.2) is 0 Å². The van der Waals surface area contributed by atoms with Crippen molar-refractivity contribution in [1.29, 1.82) is 0 Å². The standard InChI is InChI=1S/C13H26S2/c1-3-5-6-7-8-9-10-11-12-15-13(14)4-2/h3-12H2,1-2H3. The van der Waals surface area contributed by atoms with Crippen molar-refractivity contribution in [1.82, 2.24) is 0 Å². The van der Waals surface area contributed by atoms with Gasteiger partial charge in [-0.15, -0.1) is 11.8 Å². The summed E-state index contributed by atoms with van der Waals surface area (Å²) in [6.45, 7) is 4.41. The molecule has 0 atom stereocenters. The Labute approximate surface area is 106 Å². The van der Waals surface area contributed by atoms with Gasteiger partial charge in [-0.05, 0) is 18.6 Å². The molecule has 15 heavy (non-hydrogen) atoms. The van der Waals surface area contributed by atoms with Crippen LogP contribution in [0.5, 0.6) is 0 Å². The van der Waals surface area contributed by atoms with E-state index in [2.05, 4.69) is 13.8 Å². The molecule has 90 valence electrons. The lowest BCUT2D eigenvalue weighted by atomic mass is 10.1. The van der Waals surface area contributed by atoms with E-state index >= 15 is 0 Å². The predicted octanol–water partition coefficient (Wildman–Crippen LogP) is 5.60. The quantitative estimate of drug-likeness (QED) is 0.363. The Hall–Kier alpha value is 0.440. The van der Waals surface area contributed by atoms with Gasteiger partial charge in [0, 0.05) is 4.20 Å². The molecule has 0 aliphatic heterocycles. The van der Waals surface area contributed by atoms with Crippen molar-refractivity contribution < 1.29 is 0 Å². The third-order valence-electron chi connectivity index (χ3n) is 2.55. The molecule has 0 heterocycles. The van der Waals surface area contributed by atoms with Crippen LogP contribution in [-0.4, -0.2) is 9.95 Å². The highest BCUT2D eigenvalue weighted by molar-refractivity contribution is 8.23. The summed E-state index contributed by atoms with van der Waals surface area (Å²) in [5.74, 6) is 1.24. The van der Waals surface area contributed by atoms with Gasteiger partial charge in [0.15, 0.2) is 0 Å². The van der Waals surface area contributed by atoms with Crippen LogP contribution in [0.4, 0.5) is 0 Å². The summed E-state index contributed by atoms with van der Waals surface area (Å²) in [6.07, 6.45) is 12.3. The summed E-state index contributed by atoms with van der Waals surface area (Å²) in [4.78, 5) is 0. The molecule has 0 aliphatic carbocycles. The zero-order chi connectivity index (χ0) is 11.4. The van der Waals surface area contributed by atoms with Crippen LogP contribution in [0.2, 0.25) is 0 Å². The SMILES string of the molecule is CCCCCCCCCCSC(=S)CC. The van der Waals surface area contributed by atoms with E-state index < -0.39 is 0 Å². The lowest BCUT2D eigenvalue weighted by Crippen LogP contribution is -1.88. The number of unbranched alkanes of at least 4 members (excludes halogenated alkanes) is 7. The molecule has 0 aromatic rings. The summed E-state index contributed by atoms with van der Waals surface area (Å²) >= 11 is 7.05. The zero-order valence-corrected chi connectivity index (χ0v) is 12.0. The van der Waals surface area contributed by atoms with Gasteiger partial charge in [-0.2, -0.15) is 0 Å². The first kappa shape index (κ1) is 15.4. The van der Waals surface area contributed by atoms with Gasteiger partial charge in [-0.1, -0.05) is 71.0 Å². The van der Waals surface area contributed by atoms with Crippen LogP contribution in [0.1, 0.15) is 71.6 Å². The molecular formula is C13H26S2. The van der Waals surface area contributed by atoms with Gasteiger partial charge in [0.1, 0.15) is 0 Å². The largest absolute Gasteiger partial charge is 0.119 e. The van der Waals surface area contributed by atoms with E-state index in [1.807, 2.05) is 11.8 Å². The third kappa shape index (κ3) is 12.4. The van der Waals surface area contributed by atoms with E-state index in [9.17, 15) is 0 Å². The average molecular weight is 246 g/mol. The average Bonchev–Trinajstić information content (AvgIpc) is 2.26. The van der Waals surface area contributed by atoms with Crippen molar-refractivity contribution in [3.63, 3.8) is 0 Å². The van der Waals surface area contributed by atoms with Gasteiger partial charge >= 0.3 is 0 Å². The minimum absolute atomic E-state index is 1.05. The summed E-state index contributed by atoms with van der Waals surface area (Å²) in [6, 6.07) is 0. The third-order valence-corrected chi connectivity index (χ3v) is 4.30. The van der Waals surface area contributed by atoms with Crippen LogP contribution in [-0.2, 0) is 0 Å². The predicted molar refractivity (Wildman–Crippen MR) is 78.0 cm³/mol. The van der Waals surface area contributed by atoms with Gasteiger partial charge < -0.3 is 0 Å². The van der Waals surface area contributed by atoms with Gasteiger partial charge in [0.05, 0.1) is 0 Å². The highest BCUT2D eigenvalue weighted by atomic mass is 32.2. The molecular weight excluding hydrogens is 220 g/mol. The normalized spacial score (nSPS) is 10.5. The zero-order valence-electron chi connectivity index (χ0n) is 10.4. The van der Waals surface area contributed by atoms with Gasteiger partial charge in [0.25, 0.3) is 0 Å². The van der Waals surface area contributed by atoms with Crippen molar-refractivity contribution in [3.8, 4) is 0 Å². The second-order valence-electron chi connectivity index (χ2n) is 4.05.